The van der Waals surface area contributed by atoms with E-state index in [1.807, 2.05) is 0 Å². The molecule has 8 heteroatoms. The van der Waals surface area contributed by atoms with Crippen molar-refractivity contribution >= 4 is 40.6 Å². The monoisotopic (exact) mass is 383 g/mol. The fraction of sp³-hybridized carbons (Fsp3) is 0.294. The Morgan fingerprint density at radius 2 is 1.92 bits per heavy atom. The third kappa shape index (κ3) is 4.81. The lowest BCUT2D eigenvalue weighted by molar-refractivity contribution is -0.892. The predicted molar refractivity (Wildman–Crippen MR) is 97.1 cm³/mol. The minimum absolute atomic E-state index is 0.137. The van der Waals surface area contributed by atoms with Crippen molar-refractivity contribution in [1.82, 2.24) is 4.98 Å². The van der Waals surface area contributed by atoms with E-state index < -0.39 is 0 Å². The van der Waals surface area contributed by atoms with E-state index in [0.717, 1.165) is 31.9 Å². The van der Waals surface area contributed by atoms with E-state index in [9.17, 15) is 9.18 Å². The van der Waals surface area contributed by atoms with E-state index in [0.29, 0.717) is 22.4 Å². The predicted octanol–water partition coefficient (Wildman–Crippen LogP) is 1.87. The highest BCUT2D eigenvalue weighted by Gasteiger charge is 2.23. The minimum Gasteiger partial charge on any atom is -0.360 e. The molecule has 1 saturated heterocycles. The van der Waals surface area contributed by atoms with Crippen LogP contribution in [0.1, 0.15) is 0 Å². The zero-order valence-electron chi connectivity index (χ0n) is 13.4. The van der Waals surface area contributed by atoms with Gasteiger partial charge in [0.1, 0.15) is 5.82 Å². The molecule has 0 aliphatic carbocycles. The molecule has 3 rings (SSSR count). The second-order valence-electron chi connectivity index (χ2n) is 5.92. The first-order valence-corrected chi connectivity index (χ1v) is 8.72. The van der Waals surface area contributed by atoms with Crippen molar-refractivity contribution in [2.75, 3.05) is 42.9 Å². The molecule has 25 heavy (non-hydrogen) atoms. The number of amides is 1. The van der Waals surface area contributed by atoms with E-state index in [4.69, 9.17) is 23.2 Å². The van der Waals surface area contributed by atoms with E-state index in [2.05, 4.69) is 15.2 Å². The van der Waals surface area contributed by atoms with E-state index in [1.54, 1.807) is 18.2 Å². The molecule has 2 N–H and O–H groups in total. The lowest BCUT2D eigenvalue weighted by atomic mass is 10.2. The molecule has 0 saturated carbocycles. The van der Waals surface area contributed by atoms with Gasteiger partial charge in [-0.1, -0.05) is 23.2 Å². The van der Waals surface area contributed by atoms with Gasteiger partial charge in [0.25, 0.3) is 5.91 Å². The summed E-state index contributed by atoms with van der Waals surface area (Å²) in [6.45, 7) is 3.62. The second kappa shape index (κ2) is 7.99. The molecular weight excluding hydrogens is 366 g/mol. The van der Waals surface area contributed by atoms with Gasteiger partial charge in [0, 0.05) is 11.9 Å². The summed E-state index contributed by atoms with van der Waals surface area (Å²) >= 11 is 11.8. The van der Waals surface area contributed by atoms with Crippen LogP contribution in [0.5, 0.6) is 0 Å². The van der Waals surface area contributed by atoms with Crippen molar-refractivity contribution in [2.24, 2.45) is 0 Å². The van der Waals surface area contributed by atoms with E-state index in [1.165, 1.54) is 23.2 Å². The van der Waals surface area contributed by atoms with Crippen molar-refractivity contribution in [3.05, 3.63) is 52.4 Å². The third-order valence-corrected chi connectivity index (χ3v) is 4.63. The second-order valence-corrected chi connectivity index (χ2v) is 6.77. The van der Waals surface area contributed by atoms with E-state index >= 15 is 0 Å². The molecule has 0 atom stereocenters. The Kier molecular flexibility index (Phi) is 5.73. The van der Waals surface area contributed by atoms with Gasteiger partial charge in [0.15, 0.2) is 12.4 Å². The number of nitrogens with zero attached hydrogens (tertiary/aromatic N) is 2. The molecule has 0 bridgehead atoms. The number of quaternary nitrogens is 1. The van der Waals surface area contributed by atoms with Crippen LogP contribution < -0.4 is 15.1 Å². The van der Waals surface area contributed by atoms with Gasteiger partial charge in [0.2, 0.25) is 0 Å². The maximum Gasteiger partial charge on any atom is 0.280 e. The summed E-state index contributed by atoms with van der Waals surface area (Å²) in [6.07, 6.45) is 1.44. The number of piperazine rings is 1. The zero-order valence-corrected chi connectivity index (χ0v) is 14.9. The summed E-state index contributed by atoms with van der Waals surface area (Å²) < 4.78 is 13.0. The number of hydrogen-bond donors (Lipinski definition) is 2. The van der Waals surface area contributed by atoms with Crippen molar-refractivity contribution < 1.29 is 14.1 Å². The van der Waals surface area contributed by atoms with Gasteiger partial charge in [-0.2, -0.15) is 0 Å². The van der Waals surface area contributed by atoms with Gasteiger partial charge in [-0.3, -0.25) is 4.79 Å². The molecule has 5 nitrogen and oxygen atoms in total. The summed E-state index contributed by atoms with van der Waals surface area (Å²) in [5.74, 6) is -0.0541. The summed E-state index contributed by atoms with van der Waals surface area (Å²) in [5, 5.41) is 3.46. The maximum absolute atomic E-state index is 13.0. The molecular formula is C17H18Cl2FN4O+. The molecule has 0 unspecified atom stereocenters. The Hall–Kier alpha value is -1.89. The largest absolute Gasteiger partial charge is 0.360 e. The average Bonchev–Trinajstić information content (AvgIpc) is 2.59. The Morgan fingerprint density at radius 1 is 1.24 bits per heavy atom. The molecule has 1 aliphatic heterocycles. The van der Waals surface area contributed by atoms with Crippen LogP contribution in [0.3, 0.4) is 0 Å². The number of carbonyl (C=O) groups excluding carboxylic acids is 1. The first-order chi connectivity index (χ1) is 12.0. The van der Waals surface area contributed by atoms with Crippen LogP contribution in [-0.4, -0.2) is 43.6 Å². The number of benzene rings is 1. The van der Waals surface area contributed by atoms with Crippen molar-refractivity contribution in [1.29, 1.82) is 0 Å². The van der Waals surface area contributed by atoms with Crippen LogP contribution in [0.15, 0.2) is 36.5 Å². The maximum atomic E-state index is 13.0. The van der Waals surface area contributed by atoms with Crippen LogP contribution >= 0.6 is 23.2 Å². The highest BCUT2D eigenvalue weighted by atomic mass is 35.5. The standard InChI is InChI=1S/C17H17Cl2FN4O/c18-12-9-15(19)17(21-10-12)22-16(25)11-23-5-7-24(8-6-23)14-3-1-13(20)2-4-14/h1-4,9-10H,5-8,11H2,(H,21,22,25)/p+1. The van der Waals surface area contributed by atoms with Crippen LogP contribution in [0.25, 0.3) is 0 Å². The Balaban J connectivity index is 1.50. The molecule has 0 spiro atoms. The summed E-state index contributed by atoms with van der Waals surface area (Å²) in [4.78, 5) is 19.6. The zero-order chi connectivity index (χ0) is 17.8. The number of carbonyl (C=O) groups is 1. The topological polar surface area (TPSA) is 49.7 Å². The molecule has 1 fully saturated rings. The van der Waals surface area contributed by atoms with Gasteiger partial charge in [-0.25, -0.2) is 9.37 Å². The van der Waals surface area contributed by atoms with Gasteiger partial charge >= 0.3 is 0 Å². The van der Waals surface area contributed by atoms with Crippen LogP contribution in [-0.2, 0) is 4.79 Å². The number of rotatable bonds is 4. The van der Waals surface area contributed by atoms with E-state index in [-0.39, 0.29) is 11.7 Å². The van der Waals surface area contributed by atoms with Crippen molar-refractivity contribution in [2.45, 2.75) is 0 Å². The fourth-order valence-electron chi connectivity index (χ4n) is 2.82. The van der Waals surface area contributed by atoms with Crippen LogP contribution in [0.4, 0.5) is 15.9 Å². The normalized spacial score (nSPS) is 15.2. The molecule has 0 radical (unpaired) electrons. The smallest absolute Gasteiger partial charge is 0.280 e. The molecule has 1 aliphatic rings. The van der Waals surface area contributed by atoms with Gasteiger partial charge in [-0.15, -0.1) is 0 Å². The summed E-state index contributed by atoms with van der Waals surface area (Å²) in [5.41, 5.74) is 1.00. The summed E-state index contributed by atoms with van der Waals surface area (Å²) in [7, 11) is 0. The van der Waals surface area contributed by atoms with Crippen molar-refractivity contribution in [3.8, 4) is 0 Å². The number of anilines is 2. The Labute approximate surface area is 155 Å². The highest BCUT2D eigenvalue weighted by Crippen LogP contribution is 2.22. The SMILES string of the molecule is O=C(C[NH+]1CCN(c2ccc(F)cc2)CC1)Nc1ncc(Cl)cc1Cl. The number of pyridine rings is 1. The molecule has 1 amide bonds. The molecule has 1 aromatic carbocycles. The Morgan fingerprint density at radius 3 is 2.56 bits per heavy atom. The Bertz CT molecular complexity index is 749. The summed E-state index contributed by atoms with van der Waals surface area (Å²) in [6, 6.07) is 8.03. The first kappa shape index (κ1) is 17.9. The van der Waals surface area contributed by atoms with Crippen molar-refractivity contribution in [3.63, 3.8) is 0 Å². The molecule has 1 aromatic heterocycles. The lowest BCUT2D eigenvalue weighted by Gasteiger charge is -2.33. The minimum atomic E-state index is -0.237. The number of nitrogens with one attached hydrogen (secondary N) is 2. The number of halogens is 3. The lowest BCUT2D eigenvalue weighted by Crippen LogP contribution is -3.15. The molecule has 132 valence electrons. The molecule has 2 aromatic rings. The van der Waals surface area contributed by atoms with Crippen LogP contribution in [0.2, 0.25) is 10.0 Å². The first-order valence-electron chi connectivity index (χ1n) is 7.96. The third-order valence-electron chi connectivity index (χ3n) is 4.14. The fourth-order valence-corrected chi connectivity index (χ4v) is 3.25. The average molecular weight is 384 g/mol. The highest BCUT2D eigenvalue weighted by molar-refractivity contribution is 6.36. The number of aromatic nitrogens is 1. The van der Waals surface area contributed by atoms with Gasteiger partial charge in [0.05, 0.1) is 36.2 Å². The quantitative estimate of drug-likeness (QED) is 0.847. The van der Waals surface area contributed by atoms with Gasteiger partial charge < -0.3 is 15.1 Å². The number of hydrogen-bond acceptors (Lipinski definition) is 3. The molecule has 2 heterocycles. The van der Waals surface area contributed by atoms with Crippen LogP contribution in [0, 0.1) is 5.82 Å². The van der Waals surface area contributed by atoms with Gasteiger partial charge in [-0.05, 0) is 30.3 Å².